The molecule has 2 saturated carbocycles. The molecule has 2 fully saturated rings. The Balaban J connectivity index is 0.000000300. The number of nitrogens with two attached hydrogens (primary N) is 1. The van der Waals surface area contributed by atoms with Crippen molar-refractivity contribution in [1.29, 1.82) is 0 Å². The Morgan fingerprint density at radius 1 is 1.14 bits per heavy atom. The van der Waals surface area contributed by atoms with E-state index in [1.165, 1.54) is 49.9 Å². The van der Waals surface area contributed by atoms with Crippen molar-refractivity contribution in [2.24, 2.45) is 18.7 Å². The summed E-state index contributed by atoms with van der Waals surface area (Å²) in [6.07, 6.45) is 21.4. The molecule has 1 aromatic carbocycles. The second-order valence-corrected chi connectivity index (χ2v) is 12.1. The Morgan fingerprint density at radius 3 is 2.43 bits per heavy atom. The quantitative estimate of drug-likeness (QED) is 0.210. The molecule has 0 atom stereocenters. The number of thiol groups is 1. The van der Waals surface area contributed by atoms with Crippen molar-refractivity contribution in [1.82, 2.24) is 19.7 Å². The number of aromatic nitrogens is 3. The number of aryl methyl sites for hydroxylation is 1. The van der Waals surface area contributed by atoms with Gasteiger partial charge in [-0.25, -0.2) is 13.8 Å². The van der Waals surface area contributed by atoms with E-state index in [0.717, 1.165) is 54.0 Å². The van der Waals surface area contributed by atoms with Crippen molar-refractivity contribution in [3.05, 3.63) is 47.1 Å². The summed E-state index contributed by atoms with van der Waals surface area (Å²) in [6.45, 7) is 11.1. The van der Waals surface area contributed by atoms with Gasteiger partial charge in [-0.2, -0.15) is 17.7 Å². The van der Waals surface area contributed by atoms with E-state index in [2.05, 4.69) is 47.0 Å². The number of fused-ring (bicyclic) bond motifs is 2. The van der Waals surface area contributed by atoms with E-state index < -0.39 is 5.92 Å². The molecule has 1 aliphatic heterocycles. The molecule has 0 spiro atoms. The fraction of sp³-hybridized carbons (Fsp3) is 0.588. The van der Waals surface area contributed by atoms with Crippen molar-refractivity contribution in [3.8, 4) is 18.0 Å². The highest BCUT2D eigenvalue weighted by Crippen LogP contribution is 2.41. The largest absolute Gasteiger partial charge is 0.466 e. The van der Waals surface area contributed by atoms with Crippen LogP contribution >= 0.6 is 24.0 Å². The van der Waals surface area contributed by atoms with Crippen LogP contribution in [0.5, 0.6) is 5.19 Å². The minimum Gasteiger partial charge on any atom is -0.466 e. The topological polar surface area (TPSA) is 69.2 Å². The first-order valence-corrected chi connectivity index (χ1v) is 17.4. The van der Waals surface area contributed by atoms with E-state index in [-0.39, 0.29) is 18.9 Å². The zero-order valence-corrected chi connectivity index (χ0v) is 28.6. The van der Waals surface area contributed by atoms with Gasteiger partial charge in [-0.05, 0) is 37.6 Å². The van der Waals surface area contributed by atoms with E-state index in [0.29, 0.717) is 10.9 Å². The molecule has 244 valence electrons. The molecule has 0 saturated heterocycles. The third kappa shape index (κ3) is 11.1. The summed E-state index contributed by atoms with van der Waals surface area (Å²) in [7, 11) is 1.89. The maximum absolute atomic E-state index is 12.9. The van der Waals surface area contributed by atoms with Crippen LogP contribution in [-0.2, 0) is 19.9 Å². The lowest BCUT2D eigenvalue weighted by Gasteiger charge is -2.33. The molecule has 2 aromatic heterocycles. The molecule has 2 aliphatic carbocycles. The van der Waals surface area contributed by atoms with Gasteiger partial charge in [0.05, 0.1) is 11.2 Å². The Bertz CT molecular complexity index is 1270. The molecule has 0 amide bonds. The number of hydrogen-bond acceptors (Lipinski definition) is 7. The second-order valence-electron chi connectivity index (χ2n) is 11.1. The standard InChI is InChI=1S/C19H28F2N2OS.C10H11N3.C2H6.C2H2.CH4S/c20-19(21)12-15(13-19)24-18-22-16-7-10-23(11-8-17(16)25-18)9-6-14-4-2-1-3-5-14;1-7(11)8-4-3-5-10-9(8)6-13(2)12-10;3*1-2/h14-15H,1-13H2;3-6H,1,11H2,2H3;1-2H3;1-2H;2H,1H3. The minimum absolute atomic E-state index is 0.161. The maximum Gasteiger partial charge on any atom is 0.273 e. The Kier molecular flexibility index (Phi) is 16.2. The summed E-state index contributed by atoms with van der Waals surface area (Å²) in [5.74, 6) is -1.59. The van der Waals surface area contributed by atoms with Crippen LogP contribution in [0.15, 0.2) is 31.0 Å². The van der Waals surface area contributed by atoms with Crippen LogP contribution in [0, 0.1) is 18.8 Å². The second kappa shape index (κ2) is 19.0. The van der Waals surface area contributed by atoms with Gasteiger partial charge < -0.3 is 15.4 Å². The van der Waals surface area contributed by atoms with Crippen LogP contribution in [0.2, 0.25) is 0 Å². The molecular weight excluding hydrogens is 597 g/mol. The average molecular weight is 648 g/mol. The SMILES string of the molecule is C#C.C=C(N)c1cccc2nn(C)cc12.CC.CS.FC1(F)CC(Oc2nc3c(s2)CCN(CCC2CCCCC2)CC3)C1. The Hall–Kier alpha value is -2.61. The predicted octanol–water partition coefficient (Wildman–Crippen LogP) is 8.01. The Labute approximate surface area is 272 Å². The van der Waals surface area contributed by atoms with Crippen molar-refractivity contribution in [2.75, 3.05) is 25.9 Å². The number of terminal acetylenes is 1. The zero-order valence-electron chi connectivity index (χ0n) is 26.9. The number of rotatable bonds is 6. The normalized spacial score (nSPS) is 17.8. The maximum atomic E-state index is 12.9. The van der Waals surface area contributed by atoms with Crippen LogP contribution in [0.25, 0.3) is 16.6 Å². The molecule has 0 radical (unpaired) electrons. The highest BCUT2D eigenvalue weighted by atomic mass is 32.1. The van der Waals surface area contributed by atoms with Gasteiger partial charge in [0.15, 0.2) is 0 Å². The van der Waals surface area contributed by atoms with Gasteiger partial charge in [-0.3, -0.25) is 4.68 Å². The van der Waals surface area contributed by atoms with E-state index in [1.807, 2.05) is 45.3 Å². The molecule has 3 aliphatic rings. The first-order valence-electron chi connectivity index (χ1n) is 15.7. The third-order valence-electron chi connectivity index (χ3n) is 7.99. The van der Waals surface area contributed by atoms with Crippen molar-refractivity contribution < 1.29 is 13.5 Å². The van der Waals surface area contributed by atoms with Crippen LogP contribution in [0.1, 0.15) is 81.3 Å². The number of thiazole rings is 1. The molecule has 2 N–H and O–H groups in total. The first-order chi connectivity index (χ1) is 21.3. The average Bonchev–Trinajstić information content (AvgIpc) is 3.55. The molecule has 0 bridgehead atoms. The third-order valence-corrected chi connectivity index (χ3v) is 9.04. The van der Waals surface area contributed by atoms with Gasteiger partial charge in [-0.1, -0.05) is 76.0 Å². The predicted molar refractivity (Wildman–Crippen MR) is 186 cm³/mol. The highest BCUT2D eigenvalue weighted by Gasteiger charge is 2.47. The highest BCUT2D eigenvalue weighted by molar-refractivity contribution is 7.79. The van der Waals surface area contributed by atoms with E-state index >= 15 is 0 Å². The van der Waals surface area contributed by atoms with E-state index in [4.69, 9.17) is 10.5 Å². The van der Waals surface area contributed by atoms with Gasteiger partial charge in [0.2, 0.25) is 0 Å². The number of ether oxygens (including phenoxy) is 1. The van der Waals surface area contributed by atoms with E-state index in [1.54, 1.807) is 22.3 Å². The lowest BCUT2D eigenvalue weighted by atomic mass is 9.87. The summed E-state index contributed by atoms with van der Waals surface area (Å²) >= 11 is 5.10. The molecular formula is C34H51F2N5OS2. The molecule has 3 heterocycles. The van der Waals surface area contributed by atoms with Gasteiger partial charge in [0.25, 0.3) is 11.1 Å². The first kappa shape index (κ1) is 37.6. The number of alkyl halides is 2. The van der Waals surface area contributed by atoms with Crippen LogP contribution in [0.4, 0.5) is 8.78 Å². The summed E-state index contributed by atoms with van der Waals surface area (Å²) in [5.41, 5.74) is 9.28. The fourth-order valence-corrected chi connectivity index (χ4v) is 6.78. The minimum atomic E-state index is -2.53. The van der Waals surface area contributed by atoms with Gasteiger partial charge in [0.1, 0.15) is 6.10 Å². The monoisotopic (exact) mass is 647 g/mol. The molecule has 44 heavy (non-hydrogen) atoms. The lowest BCUT2D eigenvalue weighted by Crippen LogP contribution is -2.43. The smallest absolute Gasteiger partial charge is 0.273 e. The summed E-state index contributed by atoms with van der Waals surface area (Å²) in [4.78, 5) is 8.46. The number of halogens is 2. The van der Waals surface area contributed by atoms with Crippen LogP contribution < -0.4 is 10.5 Å². The van der Waals surface area contributed by atoms with E-state index in [9.17, 15) is 8.78 Å². The molecule has 6 nitrogen and oxygen atoms in total. The van der Waals surface area contributed by atoms with Crippen molar-refractivity contribution in [3.63, 3.8) is 0 Å². The number of benzene rings is 1. The lowest BCUT2D eigenvalue weighted by molar-refractivity contribution is -0.134. The zero-order chi connectivity index (χ0) is 32.7. The molecule has 0 unspecified atom stereocenters. The van der Waals surface area contributed by atoms with Crippen LogP contribution in [-0.4, -0.2) is 57.6 Å². The number of nitrogens with zero attached hydrogens (tertiary/aromatic N) is 4. The van der Waals surface area contributed by atoms with Crippen LogP contribution in [0.3, 0.4) is 0 Å². The molecule has 10 heteroatoms. The van der Waals surface area contributed by atoms with Gasteiger partial charge in [0, 0.05) is 67.1 Å². The summed E-state index contributed by atoms with van der Waals surface area (Å²) in [6, 6.07) is 5.84. The van der Waals surface area contributed by atoms with Gasteiger partial charge >= 0.3 is 0 Å². The van der Waals surface area contributed by atoms with Crippen molar-refractivity contribution >= 4 is 40.6 Å². The molecule has 6 rings (SSSR count). The summed E-state index contributed by atoms with van der Waals surface area (Å²) in [5, 5.41) is 5.93. The summed E-state index contributed by atoms with van der Waals surface area (Å²) < 4.78 is 33.3. The van der Waals surface area contributed by atoms with Gasteiger partial charge in [-0.15, -0.1) is 12.8 Å². The Morgan fingerprint density at radius 2 is 1.80 bits per heavy atom. The molecule has 3 aromatic rings. The number of hydrogen-bond donors (Lipinski definition) is 2. The van der Waals surface area contributed by atoms with Crippen molar-refractivity contribution in [2.45, 2.75) is 90.1 Å². The fourth-order valence-electron chi connectivity index (χ4n) is 5.77.